The van der Waals surface area contributed by atoms with Gasteiger partial charge in [0, 0.05) is 38.3 Å². The van der Waals surface area contributed by atoms with Crippen LogP contribution in [-0.4, -0.2) is 76.2 Å². The second-order valence-corrected chi connectivity index (χ2v) is 9.54. The van der Waals surface area contributed by atoms with Gasteiger partial charge in [-0.25, -0.2) is 21.5 Å². The first-order chi connectivity index (χ1) is 13.7. The Labute approximate surface area is 172 Å². The molecule has 0 saturated carbocycles. The number of nitrogens with zero attached hydrogens (tertiary/aromatic N) is 3. The van der Waals surface area contributed by atoms with Gasteiger partial charge in [-0.2, -0.15) is 0 Å². The van der Waals surface area contributed by atoms with Crippen LogP contribution in [0.3, 0.4) is 0 Å². The smallest absolute Gasteiger partial charge is 0.213 e. The number of piperidine rings is 1. The average molecular weight is 432 g/mol. The second kappa shape index (κ2) is 10.3. The summed E-state index contributed by atoms with van der Waals surface area (Å²) in [6, 6.07) is 3.40. The molecule has 0 aromatic heterocycles. The van der Waals surface area contributed by atoms with Crippen LogP contribution in [0.2, 0.25) is 0 Å². The largest absolute Gasteiger partial charge is 0.354 e. The zero-order valence-corrected chi connectivity index (χ0v) is 18.3. The Hall–Kier alpha value is -1.78. The molecule has 1 atom stereocenters. The number of likely N-dealkylation sites (N-methyl/N-ethyl adjacent to an activating group) is 1. The van der Waals surface area contributed by atoms with Crippen LogP contribution < -0.4 is 10.6 Å². The Morgan fingerprint density at radius 3 is 2.34 bits per heavy atom. The molecule has 1 fully saturated rings. The average Bonchev–Trinajstić information content (AvgIpc) is 2.69. The molecular weight excluding hydrogens is 400 g/mol. The van der Waals surface area contributed by atoms with Crippen molar-refractivity contribution in [3.8, 4) is 0 Å². The molecule has 1 aliphatic heterocycles. The standard InChI is InChI=1S/C19H31F2N5O2S/c1-5-29(27,28)26-11-9-14(10-12-26)24-19(22-2)23-13-17(25(3)4)18-15(20)7-6-8-16(18)21/h6-8,14,17H,5,9-13H2,1-4H3,(H2,22,23,24). The van der Waals surface area contributed by atoms with Gasteiger partial charge in [-0.1, -0.05) is 6.07 Å². The fourth-order valence-electron chi connectivity index (χ4n) is 3.41. The van der Waals surface area contributed by atoms with Crippen molar-refractivity contribution in [2.24, 2.45) is 4.99 Å². The maximum atomic E-state index is 14.2. The lowest BCUT2D eigenvalue weighted by atomic mass is 10.0. The van der Waals surface area contributed by atoms with E-state index in [1.165, 1.54) is 22.5 Å². The van der Waals surface area contributed by atoms with E-state index in [0.29, 0.717) is 31.9 Å². The molecule has 7 nitrogen and oxygen atoms in total. The number of benzene rings is 1. The highest BCUT2D eigenvalue weighted by atomic mass is 32.2. The normalized spacial score (nSPS) is 18.1. The fourth-order valence-corrected chi connectivity index (χ4v) is 4.55. The van der Waals surface area contributed by atoms with Crippen LogP contribution in [0, 0.1) is 11.6 Å². The summed E-state index contributed by atoms with van der Waals surface area (Å²) >= 11 is 0. The molecule has 29 heavy (non-hydrogen) atoms. The number of hydrogen-bond donors (Lipinski definition) is 2. The zero-order valence-electron chi connectivity index (χ0n) is 17.5. The first-order valence-electron chi connectivity index (χ1n) is 9.75. The summed E-state index contributed by atoms with van der Waals surface area (Å²) in [5, 5.41) is 6.42. The summed E-state index contributed by atoms with van der Waals surface area (Å²) in [6.45, 7) is 2.83. The Morgan fingerprint density at radius 2 is 1.86 bits per heavy atom. The molecule has 1 aromatic rings. The summed E-state index contributed by atoms with van der Waals surface area (Å²) in [5.41, 5.74) is 0.0125. The summed E-state index contributed by atoms with van der Waals surface area (Å²) in [4.78, 5) is 5.94. The van der Waals surface area contributed by atoms with Gasteiger partial charge >= 0.3 is 0 Å². The first-order valence-corrected chi connectivity index (χ1v) is 11.4. The summed E-state index contributed by atoms with van der Waals surface area (Å²) in [7, 11) is 1.98. The minimum Gasteiger partial charge on any atom is -0.354 e. The summed E-state index contributed by atoms with van der Waals surface area (Å²) in [5.74, 6) is -0.548. The highest BCUT2D eigenvalue weighted by Gasteiger charge is 2.27. The molecule has 0 radical (unpaired) electrons. The molecule has 1 unspecified atom stereocenters. The Morgan fingerprint density at radius 1 is 1.28 bits per heavy atom. The van der Waals surface area contributed by atoms with Crippen molar-refractivity contribution in [3.05, 3.63) is 35.4 Å². The monoisotopic (exact) mass is 431 g/mol. The molecule has 1 saturated heterocycles. The van der Waals surface area contributed by atoms with Crippen molar-refractivity contribution >= 4 is 16.0 Å². The molecule has 10 heteroatoms. The fraction of sp³-hybridized carbons (Fsp3) is 0.632. The molecule has 164 valence electrons. The van der Waals surface area contributed by atoms with Gasteiger partial charge in [0.05, 0.1) is 11.8 Å². The van der Waals surface area contributed by atoms with E-state index in [1.807, 2.05) is 0 Å². The molecule has 2 N–H and O–H groups in total. The summed E-state index contributed by atoms with van der Waals surface area (Å²) in [6.07, 6.45) is 1.33. The van der Waals surface area contributed by atoms with E-state index >= 15 is 0 Å². The molecule has 2 rings (SSSR count). The van der Waals surface area contributed by atoms with Crippen LogP contribution in [-0.2, 0) is 10.0 Å². The van der Waals surface area contributed by atoms with E-state index < -0.39 is 27.7 Å². The van der Waals surface area contributed by atoms with Gasteiger partial charge in [0.15, 0.2) is 5.96 Å². The maximum absolute atomic E-state index is 14.2. The van der Waals surface area contributed by atoms with Gasteiger partial charge < -0.3 is 15.5 Å². The molecular formula is C19H31F2N5O2S. The lowest BCUT2D eigenvalue weighted by molar-refractivity contribution is 0.280. The van der Waals surface area contributed by atoms with E-state index in [1.54, 1.807) is 33.0 Å². The first kappa shape index (κ1) is 23.5. The van der Waals surface area contributed by atoms with Gasteiger partial charge in [-0.05, 0) is 46.0 Å². The van der Waals surface area contributed by atoms with Crippen LogP contribution >= 0.6 is 0 Å². The lowest BCUT2D eigenvalue weighted by Gasteiger charge is -2.32. The van der Waals surface area contributed by atoms with Crippen LogP contribution in [0.1, 0.15) is 31.4 Å². The number of nitrogens with one attached hydrogen (secondary N) is 2. The van der Waals surface area contributed by atoms with Crippen molar-refractivity contribution in [2.45, 2.75) is 31.8 Å². The highest BCUT2D eigenvalue weighted by molar-refractivity contribution is 7.89. The molecule has 1 aliphatic rings. The lowest BCUT2D eigenvalue weighted by Crippen LogP contribution is -2.50. The molecule has 1 heterocycles. The number of hydrogen-bond acceptors (Lipinski definition) is 4. The Kier molecular flexibility index (Phi) is 8.35. The van der Waals surface area contributed by atoms with Crippen LogP contribution in [0.4, 0.5) is 8.78 Å². The highest BCUT2D eigenvalue weighted by Crippen LogP contribution is 2.24. The van der Waals surface area contributed by atoms with E-state index in [2.05, 4.69) is 15.6 Å². The van der Waals surface area contributed by atoms with Crippen LogP contribution in [0.25, 0.3) is 0 Å². The Balaban J connectivity index is 1.96. The topological polar surface area (TPSA) is 77.0 Å². The minimum absolute atomic E-state index is 0.0125. The van der Waals surface area contributed by atoms with E-state index in [9.17, 15) is 17.2 Å². The van der Waals surface area contributed by atoms with Crippen LogP contribution in [0.5, 0.6) is 0 Å². The van der Waals surface area contributed by atoms with Gasteiger partial charge in [0.25, 0.3) is 0 Å². The van der Waals surface area contributed by atoms with Crippen molar-refractivity contribution in [1.82, 2.24) is 19.8 Å². The van der Waals surface area contributed by atoms with Gasteiger partial charge in [-0.3, -0.25) is 4.99 Å². The number of rotatable bonds is 7. The van der Waals surface area contributed by atoms with Crippen molar-refractivity contribution < 1.29 is 17.2 Å². The van der Waals surface area contributed by atoms with E-state index in [-0.39, 0.29) is 23.9 Å². The molecule has 1 aromatic carbocycles. The van der Waals surface area contributed by atoms with Crippen molar-refractivity contribution in [1.29, 1.82) is 0 Å². The van der Waals surface area contributed by atoms with E-state index in [4.69, 9.17) is 0 Å². The maximum Gasteiger partial charge on any atom is 0.213 e. The second-order valence-electron chi connectivity index (χ2n) is 7.29. The third-order valence-electron chi connectivity index (χ3n) is 5.20. The Bertz CT molecular complexity index is 789. The number of halogens is 2. The van der Waals surface area contributed by atoms with Crippen molar-refractivity contribution in [3.63, 3.8) is 0 Å². The number of guanidine groups is 1. The van der Waals surface area contributed by atoms with Crippen molar-refractivity contribution in [2.75, 3.05) is 46.5 Å². The SMILES string of the molecule is CCS(=O)(=O)N1CCC(NC(=NC)NCC(c2c(F)cccc2F)N(C)C)CC1. The predicted molar refractivity (Wildman–Crippen MR) is 111 cm³/mol. The number of aliphatic imine (C=N–C) groups is 1. The predicted octanol–water partition coefficient (Wildman–Crippen LogP) is 1.55. The molecule has 0 spiro atoms. The summed E-state index contributed by atoms with van der Waals surface area (Å²) < 4.78 is 53.9. The third kappa shape index (κ3) is 6.10. The minimum atomic E-state index is -3.17. The van der Waals surface area contributed by atoms with Gasteiger partial charge in [0.1, 0.15) is 11.6 Å². The quantitative estimate of drug-likeness (QED) is 0.506. The zero-order chi connectivity index (χ0) is 21.6. The third-order valence-corrected chi connectivity index (χ3v) is 7.08. The molecule has 0 amide bonds. The number of sulfonamides is 1. The van der Waals surface area contributed by atoms with E-state index in [0.717, 1.165) is 0 Å². The van der Waals surface area contributed by atoms with Gasteiger partial charge in [0.2, 0.25) is 10.0 Å². The van der Waals surface area contributed by atoms with Gasteiger partial charge in [-0.15, -0.1) is 0 Å². The van der Waals surface area contributed by atoms with Crippen LogP contribution in [0.15, 0.2) is 23.2 Å². The molecule has 0 bridgehead atoms. The molecule has 0 aliphatic carbocycles.